The molecule has 1 saturated heterocycles. The topological polar surface area (TPSA) is 60.8 Å². The molecule has 2 fully saturated rings. The van der Waals surface area contributed by atoms with Crippen molar-refractivity contribution in [1.29, 1.82) is 0 Å². The van der Waals surface area contributed by atoms with Crippen molar-refractivity contribution in [3.63, 3.8) is 0 Å². The summed E-state index contributed by atoms with van der Waals surface area (Å²) in [5.74, 6) is 1.13. The number of hydrogen-bond donors (Lipinski definition) is 2. The second-order valence-corrected chi connectivity index (χ2v) is 7.94. The zero-order chi connectivity index (χ0) is 18.3. The fourth-order valence-corrected chi connectivity index (χ4v) is 4.83. The van der Waals surface area contributed by atoms with E-state index in [-0.39, 0.29) is 11.5 Å². The van der Waals surface area contributed by atoms with Gasteiger partial charge < -0.3 is 10.2 Å². The molecule has 0 radical (unpaired) electrons. The molecule has 1 heterocycles. The molecule has 26 heavy (non-hydrogen) atoms. The first kappa shape index (κ1) is 17.3. The van der Waals surface area contributed by atoms with Gasteiger partial charge in [0, 0.05) is 18.7 Å². The maximum atomic E-state index is 12.5. The molecule has 136 valence electrons. The van der Waals surface area contributed by atoms with Crippen LogP contribution in [0.3, 0.4) is 0 Å². The molecule has 1 aliphatic carbocycles. The Bertz CT molecular complexity index is 800. The number of hydrogen-bond acceptors (Lipinski definition) is 4. The van der Waals surface area contributed by atoms with Gasteiger partial charge in [-0.1, -0.05) is 24.3 Å². The van der Waals surface area contributed by atoms with E-state index in [1.165, 1.54) is 0 Å². The SMILES string of the molecule is Cc1ccccc1C1(O)C[C@H]2CN(CC(=O)c3ccc(O)cc3)C[C@H]2C1. The van der Waals surface area contributed by atoms with Crippen LogP contribution in [-0.2, 0) is 5.60 Å². The van der Waals surface area contributed by atoms with E-state index in [4.69, 9.17) is 0 Å². The number of aromatic hydroxyl groups is 1. The molecule has 2 aromatic carbocycles. The lowest BCUT2D eigenvalue weighted by Gasteiger charge is -2.27. The van der Waals surface area contributed by atoms with Gasteiger partial charge in [0.1, 0.15) is 5.75 Å². The average molecular weight is 351 g/mol. The number of nitrogens with zero attached hydrogens (tertiary/aromatic N) is 1. The highest BCUT2D eigenvalue weighted by atomic mass is 16.3. The van der Waals surface area contributed by atoms with Crippen LogP contribution in [-0.4, -0.2) is 40.5 Å². The third-order valence-corrected chi connectivity index (χ3v) is 6.05. The molecule has 4 nitrogen and oxygen atoms in total. The lowest BCUT2D eigenvalue weighted by atomic mass is 9.87. The van der Waals surface area contributed by atoms with Crippen LogP contribution in [0.4, 0.5) is 0 Å². The number of phenolic OH excluding ortho intramolecular Hbond substituents is 1. The molecule has 0 bridgehead atoms. The Morgan fingerprint density at radius 1 is 1.08 bits per heavy atom. The highest BCUT2D eigenvalue weighted by Crippen LogP contribution is 2.49. The van der Waals surface area contributed by atoms with Gasteiger partial charge in [-0.25, -0.2) is 0 Å². The van der Waals surface area contributed by atoms with E-state index in [9.17, 15) is 15.0 Å². The molecule has 1 unspecified atom stereocenters. The van der Waals surface area contributed by atoms with E-state index in [1.807, 2.05) is 18.2 Å². The summed E-state index contributed by atoms with van der Waals surface area (Å²) in [6, 6.07) is 14.6. The van der Waals surface area contributed by atoms with Gasteiger partial charge in [-0.2, -0.15) is 0 Å². The first-order chi connectivity index (χ1) is 12.4. The minimum absolute atomic E-state index is 0.0825. The Morgan fingerprint density at radius 2 is 1.69 bits per heavy atom. The van der Waals surface area contributed by atoms with Crippen molar-refractivity contribution < 1.29 is 15.0 Å². The Balaban J connectivity index is 1.40. The van der Waals surface area contributed by atoms with E-state index >= 15 is 0 Å². The molecule has 1 aliphatic heterocycles. The monoisotopic (exact) mass is 351 g/mol. The van der Waals surface area contributed by atoms with E-state index in [0.29, 0.717) is 23.9 Å². The lowest BCUT2D eigenvalue weighted by molar-refractivity contribution is 0.0309. The summed E-state index contributed by atoms with van der Waals surface area (Å²) in [6.45, 7) is 4.19. The molecule has 3 atom stereocenters. The van der Waals surface area contributed by atoms with Crippen LogP contribution in [0.25, 0.3) is 0 Å². The van der Waals surface area contributed by atoms with Crippen molar-refractivity contribution in [1.82, 2.24) is 4.90 Å². The van der Waals surface area contributed by atoms with Gasteiger partial charge in [-0.05, 0) is 67.0 Å². The van der Waals surface area contributed by atoms with Gasteiger partial charge >= 0.3 is 0 Å². The number of aryl methyl sites for hydroxylation is 1. The number of fused-ring (bicyclic) bond motifs is 1. The molecule has 1 saturated carbocycles. The molecule has 2 aliphatic rings. The summed E-state index contributed by atoms with van der Waals surface area (Å²) in [6.07, 6.45) is 1.54. The van der Waals surface area contributed by atoms with Crippen LogP contribution < -0.4 is 0 Å². The molecular formula is C22H25NO3. The highest BCUT2D eigenvalue weighted by Gasteiger charge is 2.49. The maximum absolute atomic E-state index is 12.5. The Labute approximate surface area is 154 Å². The molecule has 0 amide bonds. The number of carbonyl (C=O) groups excluding carboxylic acids is 1. The van der Waals surface area contributed by atoms with Crippen LogP contribution in [0.1, 0.15) is 34.3 Å². The predicted molar refractivity (Wildman–Crippen MR) is 100 cm³/mol. The van der Waals surface area contributed by atoms with E-state index in [1.54, 1.807) is 24.3 Å². The first-order valence-corrected chi connectivity index (χ1v) is 9.28. The summed E-state index contributed by atoms with van der Waals surface area (Å²) in [5.41, 5.74) is 2.11. The summed E-state index contributed by atoms with van der Waals surface area (Å²) >= 11 is 0. The number of ketones is 1. The quantitative estimate of drug-likeness (QED) is 0.831. The largest absolute Gasteiger partial charge is 0.508 e. The highest BCUT2D eigenvalue weighted by molar-refractivity contribution is 5.97. The number of likely N-dealkylation sites (tertiary alicyclic amines) is 1. The standard InChI is InChI=1S/C22H25NO3/c1-15-4-2-3-5-20(15)22(26)10-17-12-23(13-18(17)11-22)14-21(25)16-6-8-19(24)9-7-16/h2-9,17-18,24,26H,10-14H2,1H3/t17-,18+,22?. The number of aliphatic hydroxyl groups is 1. The van der Waals surface area contributed by atoms with Crippen LogP contribution in [0.2, 0.25) is 0 Å². The molecule has 2 aromatic rings. The minimum atomic E-state index is -0.728. The van der Waals surface area contributed by atoms with Gasteiger partial charge in [-0.15, -0.1) is 0 Å². The maximum Gasteiger partial charge on any atom is 0.176 e. The van der Waals surface area contributed by atoms with E-state index in [2.05, 4.69) is 17.9 Å². The molecule has 0 spiro atoms. The summed E-state index contributed by atoms with van der Waals surface area (Å²) < 4.78 is 0. The van der Waals surface area contributed by atoms with Crippen LogP contribution in [0, 0.1) is 18.8 Å². The van der Waals surface area contributed by atoms with Gasteiger partial charge in [0.2, 0.25) is 0 Å². The summed E-state index contributed by atoms with van der Waals surface area (Å²) in [4.78, 5) is 14.7. The number of rotatable bonds is 4. The zero-order valence-corrected chi connectivity index (χ0v) is 15.1. The van der Waals surface area contributed by atoms with Crippen LogP contribution >= 0.6 is 0 Å². The van der Waals surface area contributed by atoms with Crippen molar-refractivity contribution in [2.75, 3.05) is 19.6 Å². The molecular weight excluding hydrogens is 326 g/mol. The summed E-state index contributed by atoms with van der Waals surface area (Å²) in [7, 11) is 0. The average Bonchev–Trinajstić information content (AvgIpc) is 3.10. The fourth-order valence-electron chi connectivity index (χ4n) is 4.83. The lowest BCUT2D eigenvalue weighted by Crippen LogP contribution is -2.32. The Hall–Kier alpha value is -2.17. The first-order valence-electron chi connectivity index (χ1n) is 9.28. The zero-order valence-electron chi connectivity index (χ0n) is 15.1. The second-order valence-electron chi connectivity index (χ2n) is 7.94. The Kier molecular flexibility index (Phi) is 4.33. The number of carbonyl (C=O) groups is 1. The molecule has 0 aromatic heterocycles. The van der Waals surface area contributed by atoms with Crippen molar-refractivity contribution in [2.45, 2.75) is 25.4 Å². The van der Waals surface area contributed by atoms with Gasteiger partial charge in [-0.3, -0.25) is 9.69 Å². The third kappa shape index (κ3) is 3.15. The summed E-state index contributed by atoms with van der Waals surface area (Å²) in [5, 5.41) is 20.6. The van der Waals surface area contributed by atoms with Crippen molar-refractivity contribution >= 4 is 5.78 Å². The van der Waals surface area contributed by atoms with Gasteiger partial charge in [0.15, 0.2) is 5.78 Å². The molecule has 4 heteroatoms. The fraction of sp³-hybridized carbons (Fsp3) is 0.409. The number of benzene rings is 2. The molecule has 4 rings (SSSR count). The normalized spacial score (nSPS) is 28.2. The van der Waals surface area contributed by atoms with Crippen LogP contribution in [0.15, 0.2) is 48.5 Å². The van der Waals surface area contributed by atoms with Crippen molar-refractivity contribution in [2.24, 2.45) is 11.8 Å². The van der Waals surface area contributed by atoms with Gasteiger partial charge in [0.25, 0.3) is 0 Å². The van der Waals surface area contributed by atoms with Crippen LogP contribution in [0.5, 0.6) is 5.75 Å². The predicted octanol–water partition coefficient (Wildman–Crippen LogP) is 3.11. The number of Topliss-reactive ketones (excluding diaryl/α,β-unsaturated/α-hetero) is 1. The second kappa shape index (κ2) is 6.53. The minimum Gasteiger partial charge on any atom is -0.508 e. The Morgan fingerprint density at radius 3 is 2.31 bits per heavy atom. The van der Waals surface area contributed by atoms with E-state index in [0.717, 1.165) is 37.1 Å². The third-order valence-electron chi connectivity index (χ3n) is 6.05. The van der Waals surface area contributed by atoms with Crippen molar-refractivity contribution in [3.8, 4) is 5.75 Å². The van der Waals surface area contributed by atoms with Crippen molar-refractivity contribution in [3.05, 3.63) is 65.2 Å². The van der Waals surface area contributed by atoms with Gasteiger partial charge in [0.05, 0.1) is 12.1 Å². The molecule has 2 N–H and O–H groups in total. The number of phenols is 1. The smallest absolute Gasteiger partial charge is 0.176 e. The van der Waals surface area contributed by atoms with E-state index < -0.39 is 5.60 Å².